The van der Waals surface area contributed by atoms with Crippen LogP contribution in [0.4, 0.5) is 0 Å². The molecule has 1 aromatic carbocycles. The van der Waals surface area contributed by atoms with Crippen LogP contribution in [0.2, 0.25) is 0 Å². The van der Waals surface area contributed by atoms with Crippen LogP contribution in [0.15, 0.2) is 45.9 Å². The van der Waals surface area contributed by atoms with Crippen LogP contribution in [0, 0.1) is 18.3 Å². The van der Waals surface area contributed by atoms with E-state index in [9.17, 15) is 13.5 Å². The van der Waals surface area contributed by atoms with Gasteiger partial charge in [-0.1, -0.05) is 43.2 Å². The molecule has 0 amide bonds. The van der Waals surface area contributed by atoms with E-state index in [4.69, 9.17) is 4.74 Å². The minimum Gasteiger partial charge on any atom is -0.389 e. The van der Waals surface area contributed by atoms with Gasteiger partial charge in [0.15, 0.2) is 0 Å². The molecule has 3 unspecified atom stereocenters. The summed E-state index contributed by atoms with van der Waals surface area (Å²) in [6, 6.07) is 6.52. The molecule has 7 heteroatoms. The Morgan fingerprint density at radius 1 is 1.29 bits per heavy atom. The molecule has 1 aliphatic rings. The first kappa shape index (κ1) is 22.6. The number of hydrazone groups is 1. The fourth-order valence-electron chi connectivity index (χ4n) is 4.00. The van der Waals surface area contributed by atoms with E-state index in [0.717, 1.165) is 24.0 Å². The van der Waals surface area contributed by atoms with Crippen molar-refractivity contribution in [2.45, 2.75) is 64.6 Å². The van der Waals surface area contributed by atoms with Gasteiger partial charge in [-0.05, 0) is 51.2 Å². The molecule has 0 saturated carbocycles. The van der Waals surface area contributed by atoms with Crippen LogP contribution in [0.3, 0.4) is 0 Å². The van der Waals surface area contributed by atoms with Gasteiger partial charge in [-0.25, -0.2) is 4.83 Å². The fourth-order valence-corrected chi connectivity index (χ4v) is 4.86. The number of nitrogens with one attached hydrogen (secondary N) is 1. The number of hydrogen-bond donors (Lipinski definition) is 2. The van der Waals surface area contributed by atoms with Crippen molar-refractivity contribution in [1.29, 1.82) is 0 Å². The van der Waals surface area contributed by atoms with Gasteiger partial charge in [-0.15, -0.1) is 0 Å². The van der Waals surface area contributed by atoms with Crippen LogP contribution in [-0.2, 0) is 14.8 Å². The van der Waals surface area contributed by atoms with E-state index in [0.29, 0.717) is 5.71 Å². The number of nitrogens with zero attached hydrogens (tertiary/aromatic N) is 1. The second-order valence-corrected chi connectivity index (χ2v) is 9.92. The zero-order valence-electron chi connectivity index (χ0n) is 17.6. The highest BCUT2D eigenvalue weighted by Crippen LogP contribution is 2.43. The molecule has 0 bridgehead atoms. The van der Waals surface area contributed by atoms with Crippen LogP contribution >= 0.6 is 0 Å². The molecule has 28 heavy (non-hydrogen) atoms. The van der Waals surface area contributed by atoms with Crippen molar-refractivity contribution in [2.24, 2.45) is 16.4 Å². The van der Waals surface area contributed by atoms with Gasteiger partial charge >= 0.3 is 0 Å². The van der Waals surface area contributed by atoms with Crippen LogP contribution in [0.5, 0.6) is 0 Å². The number of aliphatic hydroxyl groups excluding tert-OH is 1. The lowest BCUT2D eigenvalue weighted by Crippen LogP contribution is -2.47. The maximum Gasteiger partial charge on any atom is 0.276 e. The summed E-state index contributed by atoms with van der Waals surface area (Å²) in [5, 5.41) is 15.1. The normalized spacial score (nSPS) is 22.3. The highest BCUT2D eigenvalue weighted by molar-refractivity contribution is 7.89. The first-order chi connectivity index (χ1) is 13.0. The molecule has 0 radical (unpaired) electrons. The highest BCUT2D eigenvalue weighted by Gasteiger charge is 2.41. The molecule has 0 aliphatic heterocycles. The molecule has 0 heterocycles. The predicted octanol–water partition coefficient (Wildman–Crippen LogP) is 3.41. The van der Waals surface area contributed by atoms with Gasteiger partial charge in [0.2, 0.25) is 0 Å². The Morgan fingerprint density at radius 3 is 2.43 bits per heavy atom. The van der Waals surface area contributed by atoms with E-state index >= 15 is 0 Å². The number of ether oxygens (including phenoxy) is 1. The summed E-state index contributed by atoms with van der Waals surface area (Å²) >= 11 is 0. The van der Waals surface area contributed by atoms with Crippen molar-refractivity contribution in [3.63, 3.8) is 0 Å². The zero-order chi connectivity index (χ0) is 21.1. The van der Waals surface area contributed by atoms with Crippen molar-refractivity contribution < 1.29 is 18.3 Å². The average Bonchev–Trinajstić information content (AvgIpc) is 2.60. The van der Waals surface area contributed by atoms with Crippen LogP contribution < -0.4 is 4.83 Å². The molecule has 1 aliphatic carbocycles. The number of aliphatic hydroxyl groups is 1. The number of hydrogen-bond acceptors (Lipinski definition) is 5. The SMILES string of the molecule is COC(/C(C)=N/NS(=O)(=O)c1ccc(C)cc1)C(O)C1C(C)=CCCC1(C)C. The molecular formula is C21H32N2O4S. The molecule has 0 aromatic heterocycles. The maximum absolute atomic E-state index is 12.5. The number of methoxy groups -OCH3 is 1. The van der Waals surface area contributed by atoms with E-state index in [1.54, 1.807) is 19.1 Å². The highest BCUT2D eigenvalue weighted by atomic mass is 32.2. The third-order valence-electron chi connectivity index (χ3n) is 5.58. The van der Waals surface area contributed by atoms with Crippen molar-refractivity contribution in [2.75, 3.05) is 7.11 Å². The maximum atomic E-state index is 12.5. The standard InChI is InChI=1S/C21H32N2O4S/c1-14-9-11-17(12-10-14)28(25,26)23-22-16(3)20(27-6)19(24)18-15(2)8-7-13-21(18,4)5/h8-12,18-20,23-24H,7,13H2,1-6H3/b22-16+. The van der Waals surface area contributed by atoms with Crippen LogP contribution in [0.25, 0.3) is 0 Å². The van der Waals surface area contributed by atoms with Crippen molar-refractivity contribution in [1.82, 2.24) is 4.83 Å². The van der Waals surface area contributed by atoms with Crippen molar-refractivity contribution >= 4 is 15.7 Å². The summed E-state index contributed by atoms with van der Waals surface area (Å²) in [7, 11) is -2.29. The van der Waals surface area contributed by atoms with Gasteiger partial charge in [-0.2, -0.15) is 13.5 Å². The third kappa shape index (κ3) is 5.01. The van der Waals surface area contributed by atoms with Crippen molar-refractivity contribution in [3.05, 3.63) is 41.5 Å². The average molecular weight is 409 g/mol. The third-order valence-corrected chi connectivity index (χ3v) is 6.80. The summed E-state index contributed by atoms with van der Waals surface area (Å²) in [5.41, 5.74) is 2.38. The first-order valence-electron chi connectivity index (χ1n) is 9.50. The monoisotopic (exact) mass is 408 g/mol. The summed E-state index contributed by atoms with van der Waals surface area (Å²) in [6.45, 7) is 9.84. The molecule has 0 spiro atoms. The van der Waals surface area contributed by atoms with Gasteiger partial charge in [0, 0.05) is 13.0 Å². The number of aryl methyl sites for hydroxylation is 1. The quantitative estimate of drug-likeness (QED) is 0.411. The van der Waals surface area contributed by atoms with Gasteiger partial charge in [-0.3, -0.25) is 0 Å². The minimum absolute atomic E-state index is 0.0866. The van der Waals surface area contributed by atoms with Gasteiger partial charge in [0.05, 0.1) is 16.7 Å². The number of allylic oxidation sites excluding steroid dienone is 1. The summed E-state index contributed by atoms with van der Waals surface area (Å²) < 4.78 is 30.4. The molecule has 0 saturated heterocycles. The first-order valence-corrected chi connectivity index (χ1v) is 11.0. The van der Waals surface area contributed by atoms with Gasteiger partial charge in [0.25, 0.3) is 10.0 Å². The topological polar surface area (TPSA) is 88.0 Å². The molecule has 156 valence electrons. The number of rotatable bonds is 7. The Balaban J connectivity index is 2.22. The Morgan fingerprint density at radius 2 is 1.89 bits per heavy atom. The zero-order valence-corrected chi connectivity index (χ0v) is 18.4. The van der Waals surface area contributed by atoms with E-state index in [-0.39, 0.29) is 16.2 Å². The van der Waals surface area contributed by atoms with Crippen LogP contribution in [0.1, 0.15) is 46.1 Å². The van der Waals surface area contributed by atoms with Crippen LogP contribution in [-0.4, -0.2) is 38.6 Å². The summed E-state index contributed by atoms with van der Waals surface area (Å²) in [5.74, 6) is -0.0925. The Labute approximate surface area is 168 Å². The Hall–Kier alpha value is -1.70. The van der Waals surface area contributed by atoms with Gasteiger partial charge < -0.3 is 9.84 Å². The predicted molar refractivity (Wildman–Crippen MR) is 112 cm³/mol. The van der Waals surface area contributed by atoms with Crippen molar-refractivity contribution in [3.8, 4) is 0 Å². The Kier molecular flexibility index (Phi) is 7.07. The minimum atomic E-state index is -3.78. The number of benzene rings is 1. The van der Waals surface area contributed by atoms with E-state index < -0.39 is 22.2 Å². The molecular weight excluding hydrogens is 376 g/mol. The largest absolute Gasteiger partial charge is 0.389 e. The van der Waals surface area contributed by atoms with E-state index in [1.807, 2.05) is 13.8 Å². The summed E-state index contributed by atoms with van der Waals surface area (Å²) in [4.78, 5) is 2.39. The van der Waals surface area contributed by atoms with E-state index in [2.05, 4.69) is 29.9 Å². The summed E-state index contributed by atoms with van der Waals surface area (Å²) in [6.07, 6.45) is 2.57. The lowest BCUT2D eigenvalue weighted by molar-refractivity contribution is -0.0334. The number of sulfonamides is 1. The molecule has 2 N–H and O–H groups in total. The lowest BCUT2D eigenvalue weighted by atomic mass is 9.65. The molecule has 1 aromatic rings. The van der Waals surface area contributed by atoms with E-state index in [1.165, 1.54) is 19.2 Å². The fraction of sp³-hybridized carbons (Fsp3) is 0.571. The second-order valence-electron chi connectivity index (χ2n) is 8.26. The smallest absolute Gasteiger partial charge is 0.276 e. The Bertz CT molecular complexity index is 842. The second kappa shape index (κ2) is 8.76. The van der Waals surface area contributed by atoms with Gasteiger partial charge in [0.1, 0.15) is 6.10 Å². The molecule has 0 fully saturated rings. The molecule has 2 rings (SSSR count). The lowest BCUT2D eigenvalue weighted by Gasteiger charge is -2.43. The molecule has 3 atom stereocenters. The molecule has 6 nitrogen and oxygen atoms in total.